The van der Waals surface area contributed by atoms with Crippen LogP contribution >= 0.6 is 0 Å². The van der Waals surface area contributed by atoms with E-state index in [1.807, 2.05) is 0 Å². The summed E-state index contributed by atoms with van der Waals surface area (Å²) in [5.74, 6) is 0. The lowest BCUT2D eigenvalue weighted by Gasteiger charge is -2.49. The van der Waals surface area contributed by atoms with Crippen LogP contribution in [0.15, 0.2) is 30.5 Å². The number of rotatable bonds is 2. The minimum Gasteiger partial charge on any atom is -0.378 e. The summed E-state index contributed by atoms with van der Waals surface area (Å²) in [5.41, 5.74) is 2.58. The molecule has 4 rings (SSSR count). The van der Waals surface area contributed by atoms with E-state index in [0.717, 1.165) is 39.0 Å². The van der Waals surface area contributed by atoms with E-state index in [4.69, 9.17) is 0 Å². The maximum atomic E-state index is 11.0. The third kappa shape index (κ3) is 2.35. The van der Waals surface area contributed by atoms with Crippen LogP contribution < -0.4 is 5.32 Å². The average Bonchev–Trinajstić information content (AvgIpc) is 2.96. The molecule has 0 radical (unpaired) electrons. The van der Waals surface area contributed by atoms with Crippen molar-refractivity contribution >= 4 is 10.9 Å². The van der Waals surface area contributed by atoms with E-state index < -0.39 is 0 Å². The van der Waals surface area contributed by atoms with Crippen LogP contribution in [-0.2, 0) is 6.54 Å². The number of hydrogen-bond donors (Lipinski definition) is 3. The molecule has 0 bridgehead atoms. The number of aliphatic hydroxyl groups excluding tert-OH is 1. The number of nitrogens with zero attached hydrogens (tertiary/aromatic N) is 1. The van der Waals surface area contributed by atoms with Gasteiger partial charge < -0.3 is 15.4 Å². The molecule has 22 heavy (non-hydrogen) atoms. The van der Waals surface area contributed by atoms with E-state index in [1.165, 1.54) is 29.3 Å². The number of aliphatic hydroxyl groups is 1. The van der Waals surface area contributed by atoms with Crippen LogP contribution in [0.1, 0.15) is 31.2 Å². The summed E-state index contributed by atoms with van der Waals surface area (Å²) < 4.78 is 0. The lowest BCUT2D eigenvalue weighted by atomic mass is 9.71. The molecule has 2 aromatic rings. The predicted molar refractivity (Wildman–Crippen MR) is 88.5 cm³/mol. The molecule has 118 valence electrons. The van der Waals surface area contributed by atoms with Gasteiger partial charge in [-0.15, -0.1) is 0 Å². The molecule has 1 atom stereocenters. The number of piperidine rings is 2. The van der Waals surface area contributed by atoms with Gasteiger partial charge in [-0.1, -0.05) is 18.2 Å². The number of hydrogen-bond acceptors (Lipinski definition) is 3. The quantitative estimate of drug-likeness (QED) is 0.798. The summed E-state index contributed by atoms with van der Waals surface area (Å²) in [7, 11) is 0. The zero-order chi connectivity index (χ0) is 15.0. The van der Waals surface area contributed by atoms with E-state index in [2.05, 4.69) is 45.7 Å². The first-order valence-electron chi connectivity index (χ1n) is 8.46. The number of H-pyrrole nitrogens is 1. The summed E-state index contributed by atoms with van der Waals surface area (Å²) in [5, 5.41) is 15.7. The lowest BCUT2D eigenvalue weighted by molar-refractivity contribution is -0.137. The van der Waals surface area contributed by atoms with Crippen molar-refractivity contribution in [2.75, 3.05) is 19.6 Å². The third-order valence-electron chi connectivity index (χ3n) is 5.66. The molecular weight excluding hydrogens is 274 g/mol. The van der Waals surface area contributed by atoms with Gasteiger partial charge in [0.15, 0.2) is 0 Å². The van der Waals surface area contributed by atoms with Crippen molar-refractivity contribution in [3.8, 4) is 0 Å². The molecule has 1 aromatic carbocycles. The van der Waals surface area contributed by atoms with Gasteiger partial charge in [-0.2, -0.15) is 0 Å². The molecule has 2 aliphatic rings. The second kappa shape index (κ2) is 5.69. The molecule has 0 amide bonds. The maximum Gasteiger partial charge on any atom is 0.113 e. The van der Waals surface area contributed by atoms with Gasteiger partial charge in [0.25, 0.3) is 0 Å². The molecule has 4 heteroatoms. The minimum atomic E-state index is -0.308. The standard InChI is InChI=1S/C18H25N3O/c22-17-18(7-9-19-10-8-18)6-3-11-21(17)13-14-12-20-16-5-2-1-4-15(14)16/h1-2,4-5,12,17,19-20,22H,3,6-11,13H2. The largest absolute Gasteiger partial charge is 0.378 e. The van der Waals surface area contributed by atoms with Crippen LogP contribution in [0.4, 0.5) is 0 Å². The molecule has 0 aliphatic carbocycles. The molecule has 3 heterocycles. The van der Waals surface area contributed by atoms with Crippen molar-refractivity contribution in [2.24, 2.45) is 5.41 Å². The summed E-state index contributed by atoms with van der Waals surface area (Å²) in [6.07, 6.45) is 6.34. The number of aromatic amines is 1. The molecule has 2 saturated heterocycles. The van der Waals surface area contributed by atoms with Gasteiger partial charge in [0, 0.05) is 35.6 Å². The van der Waals surface area contributed by atoms with Crippen LogP contribution in [0, 0.1) is 5.41 Å². The fourth-order valence-electron chi connectivity index (χ4n) is 4.35. The highest BCUT2D eigenvalue weighted by atomic mass is 16.3. The van der Waals surface area contributed by atoms with Gasteiger partial charge in [0.2, 0.25) is 0 Å². The summed E-state index contributed by atoms with van der Waals surface area (Å²) in [6, 6.07) is 8.42. The Bertz CT molecular complexity index is 639. The number of likely N-dealkylation sites (tertiary alicyclic amines) is 1. The van der Waals surface area contributed by atoms with Gasteiger partial charge in [-0.3, -0.25) is 4.90 Å². The first kappa shape index (κ1) is 14.2. The zero-order valence-electron chi connectivity index (χ0n) is 13.0. The third-order valence-corrected chi connectivity index (χ3v) is 5.66. The van der Waals surface area contributed by atoms with Crippen molar-refractivity contribution in [2.45, 2.75) is 38.5 Å². The Morgan fingerprint density at radius 2 is 2.00 bits per heavy atom. The van der Waals surface area contributed by atoms with Crippen molar-refractivity contribution in [1.29, 1.82) is 0 Å². The van der Waals surface area contributed by atoms with E-state index >= 15 is 0 Å². The van der Waals surface area contributed by atoms with Gasteiger partial charge in [0.1, 0.15) is 6.23 Å². The zero-order valence-corrected chi connectivity index (χ0v) is 13.0. The molecule has 0 saturated carbocycles. The SMILES string of the molecule is OC1N(Cc2c[nH]c3ccccc23)CCCC12CCNCC2. The van der Waals surface area contributed by atoms with Crippen LogP contribution in [0.2, 0.25) is 0 Å². The number of aromatic nitrogens is 1. The van der Waals surface area contributed by atoms with Crippen molar-refractivity contribution < 1.29 is 5.11 Å². The Hall–Kier alpha value is -1.36. The molecule has 4 nitrogen and oxygen atoms in total. The van der Waals surface area contributed by atoms with Crippen LogP contribution in [0.25, 0.3) is 10.9 Å². The molecule has 2 aliphatic heterocycles. The predicted octanol–water partition coefficient (Wildman–Crippen LogP) is 2.45. The molecule has 3 N–H and O–H groups in total. The summed E-state index contributed by atoms with van der Waals surface area (Å²) in [6.45, 7) is 3.91. The van der Waals surface area contributed by atoms with E-state index in [9.17, 15) is 5.11 Å². The van der Waals surface area contributed by atoms with Gasteiger partial charge >= 0.3 is 0 Å². The van der Waals surface area contributed by atoms with E-state index in [-0.39, 0.29) is 11.6 Å². The second-order valence-electron chi connectivity index (χ2n) is 6.92. The highest BCUT2D eigenvalue weighted by Crippen LogP contribution is 2.42. The monoisotopic (exact) mass is 299 g/mol. The van der Waals surface area contributed by atoms with Crippen LogP contribution in [0.5, 0.6) is 0 Å². The molecule has 2 fully saturated rings. The van der Waals surface area contributed by atoms with E-state index in [1.54, 1.807) is 0 Å². The highest BCUT2D eigenvalue weighted by molar-refractivity contribution is 5.82. The Morgan fingerprint density at radius 3 is 2.86 bits per heavy atom. The Labute approximate surface area is 131 Å². The average molecular weight is 299 g/mol. The second-order valence-corrected chi connectivity index (χ2v) is 6.92. The van der Waals surface area contributed by atoms with Gasteiger partial charge in [-0.25, -0.2) is 0 Å². The number of benzene rings is 1. The number of fused-ring (bicyclic) bond motifs is 1. The fraction of sp³-hybridized carbons (Fsp3) is 0.556. The molecule has 1 aromatic heterocycles. The first-order valence-corrected chi connectivity index (χ1v) is 8.46. The topological polar surface area (TPSA) is 51.3 Å². The summed E-state index contributed by atoms with van der Waals surface area (Å²) in [4.78, 5) is 5.63. The number of para-hydroxylation sites is 1. The smallest absolute Gasteiger partial charge is 0.113 e. The van der Waals surface area contributed by atoms with Crippen LogP contribution in [0.3, 0.4) is 0 Å². The Balaban J connectivity index is 1.57. The molecule has 1 spiro atoms. The van der Waals surface area contributed by atoms with E-state index in [0.29, 0.717) is 0 Å². The molecule has 1 unspecified atom stereocenters. The minimum absolute atomic E-state index is 0.107. The van der Waals surface area contributed by atoms with Gasteiger partial charge in [-0.05, 0) is 50.4 Å². The van der Waals surface area contributed by atoms with Crippen LogP contribution in [-0.4, -0.2) is 40.9 Å². The fourth-order valence-corrected chi connectivity index (χ4v) is 4.35. The Kier molecular flexibility index (Phi) is 3.68. The van der Waals surface area contributed by atoms with Gasteiger partial charge in [0.05, 0.1) is 0 Å². The lowest BCUT2D eigenvalue weighted by Crippen LogP contribution is -2.55. The normalized spacial score (nSPS) is 25.8. The van der Waals surface area contributed by atoms with Crippen molar-refractivity contribution in [3.63, 3.8) is 0 Å². The Morgan fingerprint density at radius 1 is 1.18 bits per heavy atom. The first-order chi connectivity index (χ1) is 10.8. The maximum absolute atomic E-state index is 11.0. The highest BCUT2D eigenvalue weighted by Gasteiger charge is 2.44. The number of nitrogens with one attached hydrogen (secondary N) is 2. The van der Waals surface area contributed by atoms with Crippen molar-refractivity contribution in [1.82, 2.24) is 15.2 Å². The molecular formula is C18H25N3O. The van der Waals surface area contributed by atoms with Crippen molar-refractivity contribution in [3.05, 3.63) is 36.0 Å². The summed E-state index contributed by atoms with van der Waals surface area (Å²) >= 11 is 0.